The molecule has 0 radical (unpaired) electrons. The van der Waals surface area contributed by atoms with Gasteiger partial charge in [-0.1, -0.05) is 27.7 Å². The Bertz CT molecular complexity index is 376. The Hall–Kier alpha value is -0.570. The van der Waals surface area contributed by atoms with Gasteiger partial charge in [0.25, 0.3) is 0 Å². The number of carbonyl (C=O) groups is 1. The lowest BCUT2D eigenvalue weighted by Gasteiger charge is -2.55. The van der Waals surface area contributed by atoms with E-state index >= 15 is 0 Å². The third-order valence-corrected chi connectivity index (χ3v) is 6.59. The van der Waals surface area contributed by atoms with Gasteiger partial charge < -0.3 is 9.84 Å². The predicted octanol–water partition coefficient (Wildman–Crippen LogP) is 3.15. The van der Waals surface area contributed by atoms with Gasteiger partial charge in [-0.3, -0.25) is 4.79 Å². The number of rotatable bonds is 2. The van der Waals surface area contributed by atoms with Gasteiger partial charge in [0.15, 0.2) is 0 Å². The molecule has 0 aromatic carbocycles. The fraction of sp³-hybridized carbons (Fsp3) is 0.938. The molecule has 0 saturated heterocycles. The Morgan fingerprint density at radius 3 is 2.42 bits per heavy atom. The van der Waals surface area contributed by atoms with Gasteiger partial charge in [0.2, 0.25) is 0 Å². The Morgan fingerprint density at radius 2 is 1.84 bits per heavy atom. The molecule has 2 rings (SSSR count). The number of hydrogen-bond acceptors (Lipinski definition) is 3. The molecule has 0 aromatic rings. The van der Waals surface area contributed by atoms with E-state index in [2.05, 4.69) is 27.7 Å². The quantitative estimate of drug-likeness (QED) is 0.783. The highest BCUT2D eigenvalue weighted by atomic mass is 16.5. The summed E-state index contributed by atoms with van der Waals surface area (Å²) in [6.45, 7) is 8.92. The van der Waals surface area contributed by atoms with Gasteiger partial charge in [0, 0.05) is 0 Å². The number of esters is 1. The summed E-state index contributed by atoms with van der Waals surface area (Å²) >= 11 is 0. The van der Waals surface area contributed by atoms with Gasteiger partial charge in [-0.15, -0.1) is 0 Å². The molecule has 3 nitrogen and oxygen atoms in total. The first-order valence-electron chi connectivity index (χ1n) is 7.42. The second kappa shape index (κ2) is 4.47. The molecule has 2 fully saturated rings. The smallest absolute Gasteiger partial charge is 0.306 e. The topological polar surface area (TPSA) is 46.5 Å². The number of methoxy groups -OCH3 is 1. The van der Waals surface area contributed by atoms with Crippen molar-refractivity contribution in [1.82, 2.24) is 0 Å². The summed E-state index contributed by atoms with van der Waals surface area (Å²) in [5, 5.41) is 10.3. The van der Waals surface area contributed by atoms with Crippen LogP contribution in [-0.4, -0.2) is 24.3 Å². The first-order chi connectivity index (χ1) is 8.67. The van der Waals surface area contributed by atoms with Crippen molar-refractivity contribution in [1.29, 1.82) is 0 Å². The lowest BCUT2D eigenvalue weighted by Crippen LogP contribution is -2.52. The van der Waals surface area contributed by atoms with E-state index in [1.54, 1.807) is 0 Å². The monoisotopic (exact) mass is 268 g/mol. The van der Waals surface area contributed by atoms with Crippen molar-refractivity contribution in [2.45, 2.75) is 65.9 Å². The van der Waals surface area contributed by atoms with E-state index in [1.165, 1.54) is 7.11 Å². The van der Waals surface area contributed by atoms with Crippen LogP contribution in [0.15, 0.2) is 0 Å². The maximum absolute atomic E-state index is 11.7. The fourth-order valence-corrected chi connectivity index (χ4v) is 4.88. The molecule has 0 heterocycles. The zero-order valence-electron chi connectivity index (χ0n) is 13.0. The standard InChI is InChI=1S/C16H28O3/c1-14(2)11-6-8-15(3,10-13(18)19-5)16(11,4)9-7-12(14)17/h11-12,17H,6-10H2,1-5H3/t11-,12-,15+,16+/m0/s1. The highest BCUT2D eigenvalue weighted by Gasteiger charge is 2.62. The fourth-order valence-electron chi connectivity index (χ4n) is 4.88. The highest BCUT2D eigenvalue weighted by Crippen LogP contribution is 2.67. The molecule has 0 spiro atoms. The van der Waals surface area contributed by atoms with Crippen LogP contribution in [0.2, 0.25) is 0 Å². The Labute approximate surface area is 116 Å². The molecular formula is C16H28O3. The lowest BCUT2D eigenvalue weighted by atomic mass is 9.51. The second-order valence-electron chi connectivity index (χ2n) is 7.70. The van der Waals surface area contributed by atoms with Gasteiger partial charge in [0.1, 0.15) is 0 Å². The molecule has 19 heavy (non-hydrogen) atoms. The zero-order valence-corrected chi connectivity index (χ0v) is 13.0. The third kappa shape index (κ3) is 2.01. The number of ether oxygens (including phenoxy) is 1. The van der Waals surface area contributed by atoms with Gasteiger partial charge in [0.05, 0.1) is 19.6 Å². The van der Waals surface area contributed by atoms with Crippen molar-refractivity contribution in [2.24, 2.45) is 22.2 Å². The molecule has 1 N–H and O–H groups in total. The van der Waals surface area contributed by atoms with E-state index in [9.17, 15) is 9.90 Å². The maximum atomic E-state index is 11.7. The Balaban J connectivity index is 2.31. The van der Waals surface area contributed by atoms with Crippen LogP contribution in [0.1, 0.15) is 59.8 Å². The molecule has 0 unspecified atom stereocenters. The summed E-state index contributed by atoms with van der Waals surface area (Å²) in [5.74, 6) is 0.381. The van der Waals surface area contributed by atoms with E-state index in [1.807, 2.05) is 0 Å². The van der Waals surface area contributed by atoms with Crippen LogP contribution in [0.3, 0.4) is 0 Å². The van der Waals surface area contributed by atoms with E-state index in [4.69, 9.17) is 4.74 Å². The number of aliphatic hydroxyl groups is 1. The minimum absolute atomic E-state index is 0.00215. The van der Waals surface area contributed by atoms with Crippen molar-refractivity contribution in [2.75, 3.05) is 7.11 Å². The van der Waals surface area contributed by atoms with Crippen molar-refractivity contribution in [3.63, 3.8) is 0 Å². The molecule has 2 aliphatic carbocycles. The Kier molecular flexibility index (Phi) is 3.49. The predicted molar refractivity (Wildman–Crippen MR) is 74.6 cm³/mol. The van der Waals surface area contributed by atoms with Crippen molar-refractivity contribution < 1.29 is 14.6 Å². The minimum atomic E-state index is -0.217. The van der Waals surface area contributed by atoms with Crippen LogP contribution in [0, 0.1) is 22.2 Å². The molecule has 4 atom stereocenters. The molecule has 3 heteroatoms. The molecule has 0 aliphatic heterocycles. The summed E-state index contributed by atoms with van der Waals surface area (Å²) < 4.78 is 4.89. The van der Waals surface area contributed by atoms with Crippen LogP contribution in [0.25, 0.3) is 0 Å². The van der Waals surface area contributed by atoms with E-state index in [0.29, 0.717) is 12.3 Å². The summed E-state index contributed by atoms with van der Waals surface area (Å²) in [6.07, 6.45) is 4.30. The molecular weight excluding hydrogens is 240 g/mol. The van der Waals surface area contributed by atoms with E-state index in [-0.39, 0.29) is 28.3 Å². The van der Waals surface area contributed by atoms with Crippen molar-refractivity contribution in [3.05, 3.63) is 0 Å². The van der Waals surface area contributed by atoms with E-state index in [0.717, 1.165) is 25.7 Å². The zero-order chi connectivity index (χ0) is 14.5. The first kappa shape index (κ1) is 14.8. The second-order valence-corrected chi connectivity index (χ2v) is 7.70. The molecule has 110 valence electrons. The van der Waals surface area contributed by atoms with Crippen LogP contribution < -0.4 is 0 Å². The van der Waals surface area contributed by atoms with Crippen LogP contribution >= 0.6 is 0 Å². The summed E-state index contributed by atoms with van der Waals surface area (Å²) in [5.41, 5.74) is 0.0764. The van der Waals surface area contributed by atoms with Crippen molar-refractivity contribution in [3.8, 4) is 0 Å². The summed E-state index contributed by atoms with van der Waals surface area (Å²) in [7, 11) is 1.47. The average Bonchev–Trinajstić information content (AvgIpc) is 2.59. The molecule has 0 bridgehead atoms. The minimum Gasteiger partial charge on any atom is -0.469 e. The molecule has 2 saturated carbocycles. The van der Waals surface area contributed by atoms with Crippen LogP contribution in [-0.2, 0) is 9.53 Å². The third-order valence-electron chi connectivity index (χ3n) is 6.59. The number of carbonyl (C=O) groups excluding carboxylic acids is 1. The number of aliphatic hydroxyl groups excluding tert-OH is 1. The van der Waals surface area contributed by atoms with E-state index < -0.39 is 0 Å². The SMILES string of the molecule is COC(=O)C[C@@]1(C)CC[C@H]2C(C)(C)[C@@H](O)CC[C@]21C. The lowest BCUT2D eigenvalue weighted by molar-refractivity contribution is -0.150. The Morgan fingerprint density at radius 1 is 1.21 bits per heavy atom. The van der Waals surface area contributed by atoms with Gasteiger partial charge in [-0.05, 0) is 47.8 Å². The van der Waals surface area contributed by atoms with Crippen molar-refractivity contribution >= 4 is 5.97 Å². The normalized spacial score (nSPS) is 44.7. The molecule has 2 aliphatic rings. The largest absolute Gasteiger partial charge is 0.469 e. The van der Waals surface area contributed by atoms with Gasteiger partial charge >= 0.3 is 5.97 Å². The van der Waals surface area contributed by atoms with Gasteiger partial charge in [-0.2, -0.15) is 0 Å². The van der Waals surface area contributed by atoms with Crippen LogP contribution in [0.4, 0.5) is 0 Å². The average molecular weight is 268 g/mol. The maximum Gasteiger partial charge on any atom is 0.306 e. The van der Waals surface area contributed by atoms with Gasteiger partial charge in [-0.25, -0.2) is 0 Å². The number of fused-ring (bicyclic) bond motifs is 1. The molecule has 0 aromatic heterocycles. The first-order valence-corrected chi connectivity index (χ1v) is 7.42. The summed E-state index contributed by atoms with van der Waals surface area (Å²) in [4.78, 5) is 11.7. The van der Waals surface area contributed by atoms with Crippen LogP contribution in [0.5, 0.6) is 0 Å². The summed E-state index contributed by atoms with van der Waals surface area (Å²) in [6, 6.07) is 0. The number of hydrogen-bond donors (Lipinski definition) is 1. The highest BCUT2D eigenvalue weighted by molar-refractivity contribution is 5.70. The molecule has 0 amide bonds.